The second-order valence-electron chi connectivity index (χ2n) is 1.77. The van der Waals surface area contributed by atoms with Gasteiger partial charge in [0.05, 0.1) is 7.11 Å². The number of ketones is 1. The Bertz CT molecular complexity index is 219. The summed E-state index contributed by atoms with van der Waals surface area (Å²) in [6.45, 7) is 1.59. The van der Waals surface area contributed by atoms with E-state index in [4.69, 9.17) is 0 Å². The van der Waals surface area contributed by atoms with Crippen LogP contribution < -0.4 is 5.48 Å². The molecule has 0 spiro atoms. The minimum Gasteiger partial charge on any atom is -0.284 e. The van der Waals surface area contributed by atoms with Crippen molar-refractivity contribution in [1.82, 2.24) is 5.48 Å². The molecule has 0 radical (unpaired) electrons. The van der Waals surface area contributed by atoms with Crippen LogP contribution in [0.5, 0.6) is 0 Å². The van der Waals surface area contributed by atoms with E-state index in [0.717, 1.165) is 0 Å². The molecule has 1 rings (SSSR count). The summed E-state index contributed by atoms with van der Waals surface area (Å²) in [4.78, 5) is 15.4. The van der Waals surface area contributed by atoms with Crippen molar-refractivity contribution in [2.24, 2.45) is 10.2 Å². The highest BCUT2D eigenvalue weighted by Gasteiger charge is 2.19. The van der Waals surface area contributed by atoms with Crippen LogP contribution in [0.15, 0.2) is 10.2 Å². The van der Waals surface area contributed by atoms with E-state index in [-0.39, 0.29) is 11.6 Å². The maximum absolute atomic E-state index is 10.9. The zero-order valence-corrected chi connectivity index (χ0v) is 5.71. The van der Waals surface area contributed by atoms with Gasteiger partial charge < -0.3 is 0 Å². The Morgan fingerprint density at radius 2 is 2.20 bits per heavy atom. The molecule has 0 aromatic carbocycles. The van der Waals surface area contributed by atoms with E-state index in [0.29, 0.717) is 5.71 Å². The van der Waals surface area contributed by atoms with Gasteiger partial charge in [-0.2, -0.15) is 0 Å². The molecule has 0 bridgehead atoms. The van der Waals surface area contributed by atoms with Gasteiger partial charge in [0.15, 0.2) is 0 Å². The van der Waals surface area contributed by atoms with Crippen LogP contribution in [0.4, 0.5) is 0 Å². The summed E-state index contributed by atoms with van der Waals surface area (Å²) in [5.74, 6) is -0.0816. The molecule has 54 valence electrons. The van der Waals surface area contributed by atoms with Crippen LogP contribution in [0.1, 0.15) is 6.92 Å². The average Bonchev–Trinajstić information content (AvgIpc) is 2.20. The summed E-state index contributed by atoms with van der Waals surface area (Å²) in [6.07, 6.45) is 0. The number of nitrogens with one attached hydrogen (secondary N) is 1. The third-order valence-electron chi connectivity index (χ3n) is 1.04. The predicted octanol–water partition coefficient (Wildman–Crippen LogP) is -0.506. The molecule has 0 unspecified atom stereocenters. The number of carbonyl (C=O) groups excluding carboxylic acids is 1. The topological polar surface area (TPSA) is 63.0 Å². The molecule has 1 aliphatic heterocycles. The maximum atomic E-state index is 10.9. The summed E-state index contributed by atoms with van der Waals surface area (Å²) >= 11 is 0. The fourth-order valence-corrected chi connectivity index (χ4v) is 0.551. The zero-order valence-electron chi connectivity index (χ0n) is 5.71. The van der Waals surface area contributed by atoms with Crippen molar-refractivity contribution in [1.29, 1.82) is 0 Å². The highest BCUT2D eigenvalue weighted by atomic mass is 16.6. The lowest BCUT2D eigenvalue weighted by Crippen LogP contribution is -2.30. The van der Waals surface area contributed by atoms with Gasteiger partial charge in [0, 0.05) is 0 Å². The number of carbonyl (C=O) groups is 1. The highest BCUT2D eigenvalue weighted by molar-refractivity contribution is 6.67. The second-order valence-corrected chi connectivity index (χ2v) is 1.77. The third-order valence-corrected chi connectivity index (χ3v) is 1.04. The van der Waals surface area contributed by atoms with E-state index in [9.17, 15) is 4.79 Å². The fourth-order valence-electron chi connectivity index (χ4n) is 0.551. The van der Waals surface area contributed by atoms with Gasteiger partial charge in [-0.05, 0) is 6.92 Å². The second kappa shape index (κ2) is 2.57. The summed E-state index contributed by atoms with van der Waals surface area (Å²) in [6, 6.07) is 0. The van der Waals surface area contributed by atoms with Crippen LogP contribution in [0.25, 0.3) is 0 Å². The standard InChI is InChI=1S/C5H7N3O2/c1-3-4(9)5(7-6-3)8-10-2/h1-2H3,(H,7,8,9). The van der Waals surface area contributed by atoms with Crippen LogP contribution in [-0.4, -0.2) is 24.4 Å². The van der Waals surface area contributed by atoms with E-state index < -0.39 is 0 Å². The van der Waals surface area contributed by atoms with Crippen molar-refractivity contribution < 1.29 is 9.63 Å². The molecule has 0 saturated heterocycles. The van der Waals surface area contributed by atoms with Gasteiger partial charge in [0.25, 0.3) is 0 Å². The lowest BCUT2D eigenvalue weighted by Gasteiger charge is -1.96. The van der Waals surface area contributed by atoms with Crippen molar-refractivity contribution in [3.63, 3.8) is 0 Å². The summed E-state index contributed by atoms with van der Waals surface area (Å²) in [7, 11) is 1.41. The smallest absolute Gasteiger partial charge is 0.247 e. The third kappa shape index (κ3) is 1.03. The molecule has 0 aromatic rings. The van der Waals surface area contributed by atoms with Crippen LogP contribution in [0, 0.1) is 0 Å². The van der Waals surface area contributed by atoms with E-state index in [2.05, 4.69) is 20.5 Å². The molecule has 1 heterocycles. The lowest BCUT2D eigenvalue weighted by atomic mass is 10.3. The number of hydrogen-bond donors (Lipinski definition) is 1. The minimum atomic E-state index is -0.221. The molecule has 5 heteroatoms. The number of nitrogens with zero attached hydrogens (tertiary/aromatic N) is 2. The zero-order chi connectivity index (χ0) is 7.56. The number of amidine groups is 1. The highest BCUT2D eigenvalue weighted by Crippen LogP contribution is 1.94. The first-order valence-corrected chi connectivity index (χ1v) is 2.71. The Morgan fingerprint density at radius 1 is 1.50 bits per heavy atom. The molecular formula is C5H7N3O2. The average molecular weight is 141 g/mol. The molecule has 1 N–H and O–H groups in total. The Balaban J connectivity index is 2.62. The van der Waals surface area contributed by atoms with Gasteiger partial charge in [-0.25, -0.2) is 5.48 Å². The lowest BCUT2D eigenvalue weighted by molar-refractivity contribution is -0.107. The Labute approximate surface area is 57.7 Å². The van der Waals surface area contributed by atoms with Crippen molar-refractivity contribution >= 4 is 17.3 Å². The van der Waals surface area contributed by atoms with Crippen LogP contribution in [0.2, 0.25) is 0 Å². The SMILES string of the molecule is CONC1=NN=C(C)C1=O. The number of hydroxylamine groups is 1. The van der Waals surface area contributed by atoms with Crippen molar-refractivity contribution in [2.45, 2.75) is 6.92 Å². The fraction of sp³-hybridized carbons (Fsp3) is 0.400. The Morgan fingerprint density at radius 3 is 2.60 bits per heavy atom. The molecular weight excluding hydrogens is 134 g/mol. The number of Topliss-reactive ketones (excluding diaryl/α,β-unsaturated/α-hetero) is 1. The van der Waals surface area contributed by atoms with Crippen LogP contribution in [0.3, 0.4) is 0 Å². The first kappa shape index (κ1) is 6.88. The molecule has 0 atom stereocenters. The first-order valence-electron chi connectivity index (χ1n) is 2.71. The van der Waals surface area contributed by atoms with E-state index in [1.54, 1.807) is 6.92 Å². The van der Waals surface area contributed by atoms with Crippen LogP contribution >= 0.6 is 0 Å². The Kier molecular flexibility index (Phi) is 1.77. The van der Waals surface area contributed by atoms with Gasteiger partial charge in [-0.1, -0.05) is 0 Å². The van der Waals surface area contributed by atoms with E-state index in [1.165, 1.54) is 7.11 Å². The Hall–Kier alpha value is -1.23. The molecule has 5 nitrogen and oxygen atoms in total. The van der Waals surface area contributed by atoms with Crippen LogP contribution in [-0.2, 0) is 9.63 Å². The number of rotatable bonds is 1. The van der Waals surface area contributed by atoms with Gasteiger partial charge in [-0.3, -0.25) is 9.63 Å². The minimum absolute atomic E-state index is 0.139. The summed E-state index contributed by atoms with van der Waals surface area (Å²) in [5.41, 5.74) is 2.69. The molecule has 0 aliphatic carbocycles. The molecule has 0 fully saturated rings. The molecule has 1 aliphatic rings. The van der Waals surface area contributed by atoms with Gasteiger partial charge in [0.1, 0.15) is 5.71 Å². The molecule has 0 amide bonds. The number of hydrogen-bond acceptors (Lipinski definition) is 5. The molecule has 0 aromatic heterocycles. The largest absolute Gasteiger partial charge is 0.284 e. The summed E-state index contributed by atoms with van der Waals surface area (Å²) in [5, 5.41) is 7.04. The van der Waals surface area contributed by atoms with Crippen molar-refractivity contribution in [3.05, 3.63) is 0 Å². The van der Waals surface area contributed by atoms with Crippen molar-refractivity contribution in [2.75, 3.05) is 7.11 Å². The van der Waals surface area contributed by atoms with Gasteiger partial charge in [0.2, 0.25) is 11.6 Å². The van der Waals surface area contributed by atoms with Crippen molar-refractivity contribution in [3.8, 4) is 0 Å². The predicted molar refractivity (Wildman–Crippen MR) is 35.7 cm³/mol. The summed E-state index contributed by atoms with van der Waals surface area (Å²) < 4.78 is 0. The van der Waals surface area contributed by atoms with Gasteiger partial charge >= 0.3 is 0 Å². The van der Waals surface area contributed by atoms with E-state index in [1.807, 2.05) is 0 Å². The monoisotopic (exact) mass is 141 g/mol. The van der Waals surface area contributed by atoms with E-state index >= 15 is 0 Å². The quantitative estimate of drug-likeness (QED) is 0.500. The maximum Gasteiger partial charge on any atom is 0.247 e. The molecule has 0 saturated carbocycles. The van der Waals surface area contributed by atoms with Gasteiger partial charge in [-0.15, -0.1) is 10.2 Å². The molecule has 10 heavy (non-hydrogen) atoms. The first-order chi connectivity index (χ1) is 4.75. The normalized spacial score (nSPS) is 16.8.